The molecule has 11 heavy (non-hydrogen) atoms. The average molecular weight is 175 g/mol. The predicted octanol–water partition coefficient (Wildman–Crippen LogP) is 2.47. The summed E-state index contributed by atoms with van der Waals surface area (Å²) >= 11 is 5.58. The summed E-state index contributed by atoms with van der Waals surface area (Å²) in [5.74, 6) is 0. The Morgan fingerprint density at radius 1 is 1.55 bits per heavy atom. The standard InChI is InChI=1S/C7H8ClFN2/c1-4-3-6(5(2)9)7(8)11-10-4/h3,5H,1-2H3. The van der Waals surface area contributed by atoms with Gasteiger partial charge in [-0.3, -0.25) is 0 Å². The van der Waals surface area contributed by atoms with Crippen molar-refractivity contribution >= 4 is 11.6 Å². The van der Waals surface area contributed by atoms with Gasteiger partial charge in [0.25, 0.3) is 0 Å². The highest BCUT2D eigenvalue weighted by atomic mass is 35.5. The van der Waals surface area contributed by atoms with Gasteiger partial charge < -0.3 is 0 Å². The number of nitrogens with zero attached hydrogens (tertiary/aromatic N) is 2. The van der Waals surface area contributed by atoms with E-state index in [0.717, 1.165) is 0 Å². The highest BCUT2D eigenvalue weighted by molar-refractivity contribution is 6.30. The van der Waals surface area contributed by atoms with E-state index in [4.69, 9.17) is 11.6 Å². The maximum absolute atomic E-state index is 12.7. The number of alkyl halides is 1. The van der Waals surface area contributed by atoms with Gasteiger partial charge in [-0.2, -0.15) is 5.10 Å². The number of hydrogen-bond acceptors (Lipinski definition) is 2. The van der Waals surface area contributed by atoms with Crippen LogP contribution in [0.3, 0.4) is 0 Å². The zero-order valence-corrected chi connectivity index (χ0v) is 7.06. The quantitative estimate of drug-likeness (QED) is 0.654. The van der Waals surface area contributed by atoms with Crippen LogP contribution >= 0.6 is 11.6 Å². The Morgan fingerprint density at radius 2 is 2.18 bits per heavy atom. The van der Waals surface area contributed by atoms with Crippen molar-refractivity contribution in [2.75, 3.05) is 0 Å². The van der Waals surface area contributed by atoms with Crippen molar-refractivity contribution in [3.05, 3.63) is 22.5 Å². The third-order valence-corrected chi connectivity index (χ3v) is 1.62. The van der Waals surface area contributed by atoms with Gasteiger partial charge in [-0.25, -0.2) is 4.39 Å². The van der Waals surface area contributed by atoms with E-state index in [2.05, 4.69) is 10.2 Å². The fraction of sp³-hybridized carbons (Fsp3) is 0.429. The lowest BCUT2D eigenvalue weighted by Gasteiger charge is -2.03. The normalized spacial score (nSPS) is 13.1. The van der Waals surface area contributed by atoms with Crippen molar-refractivity contribution in [2.24, 2.45) is 0 Å². The van der Waals surface area contributed by atoms with Crippen LogP contribution in [0.5, 0.6) is 0 Å². The van der Waals surface area contributed by atoms with Gasteiger partial charge >= 0.3 is 0 Å². The number of hydrogen-bond donors (Lipinski definition) is 0. The topological polar surface area (TPSA) is 25.8 Å². The predicted molar refractivity (Wildman–Crippen MR) is 41.3 cm³/mol. The molecule has 60 valence electrons. The SMILES string of the molecule is Cc1cc(C(C)F)c(Cl)nn1. The average Bonchev–Trinajstić information content (AvgIpc) is 1.94. The maximum Gasteiger partial charge on any atom is 0.157 e. The number of aryl methyl sites for hydroxylation is 1. The molecule has 0 saturated heterocycles. The smallest absolute Gasteiger partial charge is 0.157 e. The molecule has 1 rings (SSSR count). The summed E-state index contributed by atoms with van der Waals surface area (Å²) in [6, 6.07) is 1.60. The van der Waals surface area contributed by atoms with E-state index >= 15 is 0 Å². The van der Waals surface area contributed by atoms with Crippen molar-refractivity contribution in [1.82, 2.24) is 10.2 Å². The van der Waals surface area contributed by atoms with Gasteiger partial charge in [-0.05, 0) is 19.9 Å². The lowest BCUT2D eigenvalue weighted by Crippen LogP contribution is -1.94. The van der Waals surface area contributed by atoms with Gasteiger partial charge in [0.1, 0.15) is 6.17 Å². The molecule has 0 radical (unpaired) electrons. The van der Waals surface area contributed by atoms with Crippen LogP contribution in [0.2, 0.25) is 5.15 Å². The first-order valence-corrected chi connectivity index (χ1v) is 3.63. The van der Waals surface area contributed by atoms with E-state index in [0.29, 0.717) is 11.3 Å². The van der Waals surface area contributed by atoms with E-state index in [-0.39, 0.29) is 5.15 Å². The van der Waals surface area contributed by atoms with Crippen LogP contribution in [0.1, 0.15) is 24.4 Å². The van der Waals surface area contributed by atoms with E-state index in [1.165, 1.54) is 6.92 Å². The first-order valence-electron chi connectivity index (χ1n) is 3.25. The molecule has 0 saturated carbocycles. The molecule has 0 spiro atoms. The maximum atomic E-state index is 12.7. The Bertz CT molecular complexity index is 263. The van der Waals surface area contributed by atoms with Crippen molar-refractivity contribution in [1.29, 1.82) is 0 Å². The molecule has 0 aliphatic carbocycles. The summed E-state index contributed by atoms with van der Waals surface area (Å²) in [7, 11) is 0. The van der Waals surface area contributed by atoms with Crippen LogP contribution in [0.4, 0.5) is 4.39 Å². The zero-order chi connectivity index (χ0) is 8.43. The monoisotopic (exact) mass is 174 g/mol. The molecule has 1 aromatic rings. The van der Waals surface area contributed by atoms with Gasteiger partial charge in [0, 0.05) is 5.56 Å². The lowest BCUT2D eigenvalue weighted by molar-refractivity contribution is 0.372. The fourth-order valence-corrected chi connectivity index (χ4v) is 1.02. The molecule has 0 fully saturated rings. The summed E-state index contributed by atoms with van der Waals surface area (Å²) in [6.07, 6.45) is -1.09. The van der Waals surface area contributed by atoms with E-state index in [9.17, 15) is 4.39 Å². The van der Waals surface area contributed by atoms with Crippen LogP contribution in [0, 0.1) is 6.92 Å². The third kappa shape index (κ3) is 1.87. The van der Waals surface area contributed by atoms with Crippen molar-refractivity contribution < 1.29 is 4.39 Å². The summed E-state index contributed by atoms with van der Waals surface area (Å²) in [4.78, 5) is 0. The fourth-order valence-electron chi connectivity index (χ4n) is 0.773. The molecule has 2 nitrogen and oxygen atoms in total. The third-order valence-electron chi connectivity index (χ3n) is 1.33. The van der Waals surface area contributed by atoms with Crippen LogP contribution < -0.4 is 0 Å². The Morgan fingerprint density at radius 3 is 2.64 bits per heavy atom. The Balaban J connectivity index is 3.13. The number of aromatic nitrogens is 2. The minimum absolute atomic E-state index is 0.144. The second-order valence-corrected chi connectivity index (χ2v) is 2.71. The van der Waals surface area contributed by atoms with Gasteiger partial charge in [-0.15, -0.1) is 5.10 Å². The molecule has 0 aromatic carbocycles. The lowest BCUT2D eigenvalue weighted by atomic mass is 10.2. The molecule has 1 unspecified atom stereocenters. The highest BCUT2D eigenvalue weighted by Gasteiger charge is 2.09. The van der Waals surface area contributed by atoms with Gasteiger partial charge in [-0.1, -0.05) is 11.6 Å². The second-order valence-electron chi connectivity index (χ2n) is 2.35. The first kappa shape index (κ1) is 8.40. The van der Waals surface area contributed by atoms with E-state index in [1.54, 1.807) is 13.0 Å². The molecule has 0 bridgehead atoms. The zero-order valence-electron chi connectivity index (χ0n) is 6.31. The molecule has 1 aromatic heterocycles. The minimum atomic E-state index is -1.09. The van der Waals surface area contributed by atoms with Crippen LogP contribution in [-0.4, -0.2) is 10.2 Å². The van der Waals surface area contributed by atoms with E-state index in [1.807, 2.05) is 0 Å². The van der Waals surface area contributed by atoms with E-state index < -0.39 is 6.17 Å². The first-order chi connectivity index (χ1) is 5.11. The van der Waals surface area contributed by atoms with Crippen molar-refractivity contribution in [2.45, 2.75) is 20.0 Å². The summed E-state index contributed by atoms with van der Waals surface area (Å²) in [6.45, 7) is 3.16. The molecule has 0 aliphatic rings. The Kier molecular flexibility index (Phi) is 2.39. The van der Waals surface area contributed by atoms with Crippen molar-refractivity contribution in [3.63, 3.8) is 0 Å². The number of rotatable bonds is 1. The van der Waals surface area contributed by atoms with Crippen LogP contribution in [-0.2, 0) is 0 Å². The van der Waals surface area contributed by atoms with Gasteiger partial charge in [0.2, 0.25) is 0 Å². The van der Waals surface area contributed by atoms with Crippen molar-refractivity contribution in [3.8, 4) is 0 Å². The molecule has 1 atom stereocenters. The van der Waals surface area contributed by atoms with Gasteiger partial charge in [0.15, 0.2) is 5.15 Å². The summed E-state index contributed by atoms with van der Waals surface area (Å²) < 4.78 is 12.7. The van der Waals surface area contributed by atoms with Gasteiger partial charge in [0.05, 0.1) is 5.69 Å². The molecular formula is C7H8ClFN2. The Hall–Kier alpha value is -0.700. The summed E-state index contributed by atoms with van der Waals surface area (Å²) in [5, 5.41) is 7.39. The molecule has 0 aliphatic heterocycles. The van der Waals surface area contributed by atoms with Crippen LogP contribution in [0.15, 0.2) is 6.07 Å². The largest absolute Gasteiger partial charge is 0.242 e. The molecule has 4 heteroatoms. The minimum Gasteiger partial charge on any atom is -0.242 e. The summed E-state index contributed by atoms with van der Waals surface area (Å²) in [5.41, 5.74) is 1.08. The number of halogens is 2. The molecule has 0 N–H and O–H groups in total. The highest BCUT2D eigenvalue weighted by Crippen LogP contribution is 2.22. The molecular weight excluding hydrogens is 167 g/mol. The Labute approximate surface area is 69.4 Å². The van der Waals surface area contributed by atoms with Crippen LogP contribution in [0.25, 0.3) is 0 Å². The second kappa shape index (κ2) is 3.13. The molecule has 0 amide bonds. The molecule has 1 heterocycles.